The van der Waals surface area contributed by atoms with Crippen LogP contribution < -0.4 is 0 Å². The first-order valence-electron chi connectivity index (χ1n) is 6.80. The Hall–Kier alpha value is -1.62. The van der Waals surface area contributed by atoms with E-state index in [2.05, 4.69) is 0 Å². The number of carbonyl (C=O) groups is 2. The number of aryl methyl sites for hydroxylation is 1. The highest BCUT2D eigenvalue weighted by Crippen LogP contribution is 2.22. The van der Waals surface area contributed by atoms with E-state index in [9.17, 15) is 9.59 Å². The maximum absolute atomic E-state index is 12.0. The van der Waals surface area contributed by atoms with Gasteiger partial charge < -0.3 is 10.0 Å². The van der Waals surface area contributed by atoms with Gasteiger partial charge in [0.2, 0.25) is 5.91 Å². The third-order valence-electron chi connectivity index (χ3n) is 3.52. The van der Waals surface area contributed by atoms with Gasteiger partial charge in [-0.25, -0.2) is 0 Å². The van der Waals surface area contributed by atoms with Gasteiger partial charge in [-0.15, -0.1) is 11.3 Å². The quantitative estimate of drug-likeness (QED) is 0.849. The van der Waals surface area contributed by atoms with Gasteiger partial charge in [-0.2, -0.15) is 0 Å². The molecule has 1 aromatic heterocycles. The van der Waals surface area contributed by atoms with Crippen LogP contribution in [0, 0.1) is 12.8 Å². The molecule has 108 valence electrons. The zero-order chi connectivity index (χ0) is 14.5. The second kappa shape index (κ2) is 6.70. The molecular weight excluding hydrogens is 274 g/mol. The number of thiophene rings is 1. The van der Waals surface area contributed by atoms with Crippen LogP contribution in [0.3, 0.4) is 0 Å². The third kappa shape index (κ3) is 4.20. The second-order valence-electron chi connectivity index (χ2n) is 5.15. The Morgan fingerprint density at radius 2 is 2.30 bits per heavy atom. The van der Waals surface area contributed by atoms with Crippen LogP contribution in [-0.4, -0.2) is 35.0 Å². The van der Waals surface area contributed by atoms with E-state index in [1.807, 2.05) is 30.0 Å². The number of carboxylic acids is 1. The average molecular weight is 293 g/mol. The molecule has 0 aliphatic carbocycles. The number of rotatable bonds is 5. The van der Waals surface area contributed by atoms with Crippen molar-refractivity contribution < 1.29 is 14.7 Å². The lowest BCUT2D eigenvalue weighted by Gasteiger charge is -2.13. The van der Waals surface area contributed by atoms with E-state index >= 15 is 0 Å². The molecule has 1 atom stereocenters. The molecule has 1 unspecified atom stereocenters. The first kappa shape index (κ1) is 14.8. The molecule has 0 aromatic carbocycles. The molecule has 0 spiro atoms. The Bertz CT molecular complexity index is 521. The second-order valence-corrected chi connectivity index (χ2v) is 6.47. The molecule has 1 amide bonds. The largest absolute Gasteiger partial charge is 0.481 e. The molecule has 0 bridgehead atoms. The standard InChI is InChI=1S/C15H19NO3S/c1-11-2-4-13(20-11)5-6-14(17)16-9-8-12(10-16)3-7-15(18)19/h2,4-6,12H,3,7-10H2,1H3,(H,18,19)/b6-5+. The molecule has 0 saturated carbocycles. The van der Waals surface area contributed by atoms with E-state index in [0.717, 1.165) is 17.8 Å². The molecule has 4 nitrogen and oxygen atoms in total. The molecule has 0 radical (unpaired) electrons. The Balaban J connectivity index is 1.82. The molecule has 1 aromatic rings. The summed E-state index contributed by atoms with van der Waals surface area (Å²) in [7, 11) is 0. The molecule has 1 fully saturated rings. The molecule has 2 heterocycles. The lowest BCUT2D eigenvalue weighted by molar-refractivity contribution is -0.137. The first-order valence-corrected chi connectivity index (χ1v) is 7.61. The molecule has 1 N–H and O–H groups in total. The summed E-state index contributed by atoms with van der Waals surface area (Å²) in [4.78, 5) is 26.7. The van der Waals surface area contributed by atoms with E-state index in [1.54, 1.807) is 17.4 Å². The van der Waals surface area contributed by atoms with Crippen molar-refractivity contribution in [1.82, 2.24) is 4.90 Å². The van der Waals surface area contributed by atoms with Gasteiger partial charge in [0, 0.05) is 35.3 Å². The maximum Gasteiger partial charge on any atom is 0.303 e. The summed E-state index contributed by atoms with van der Waals surface area (Å²) in [5.74, 6) is -0.413. The highest BCUT2D eigenvalue weighted by atomic mass is 32.1. The molecule has 5 heteroatoms. The lowest BCUT2D eigenvalue weighted by atomic mass is 10.0. The Labute approximate surface area is 122 Å². The van der Waals surface area contributed by atoms with Crippen molar-refractivity contribution >= 4 is 29.3 Å². The highest BCUT2D eigenvalue weighted by Gasteiger charge is 2.25. The number of carbonyl (C=O) groups excluding carboxylic acids is 1. The van der Waals surface area contributed by atoms with Crippen molar-refractivity contribution in [2.45, 2.75) is 26.2 Å². The minimum atomic E-state index is -0.761. The summed E-state index contributed by atoms with van der Waals surface area (Å²) in [5.41, 5.74) is 0. The fraction of sp³-hybridized carbons (Fsp3) is 0.467. The van der Waals surface area contributed by atoms with Gasteiger partial charge in [0.15, 0.2) is 0 Å². The van der Waals surface area contributed by atoms with Crippen LogP contribution in [0.2, 0.25) is 0 Å². The molecular formula is C15H19NO3S. The Morgan fingerprint density at radius 3 is 2.95 bits per heavy atom. The van der Waals surface area contributed by atoms with Crippen molar-refractivity contribution in [3.8, 4) is 0 Å². The molecule has 2 rings (SSSR count). The zero-order valence-electron chi connectivity index (χ0n) is 11.5. The number of hydrogen-bond donors (Lipinski definition) is 1. The first-order chi connectivity index (χ1) is 9.54. The zero-order valence-corrected chi connectivity index (χ0v) is 12.4. The van der Waals surface area contributed by atoms with Gasteiger partial charge in [-0.05, 0) is 43.9 Å². The van der Waals surface area contributed by atoms with Crippen LogP contribution in [0.15, 0.2) is 18.2 Å². The van der Waals surface area contributed by atoms with E-state index in [0.29, 0.717) is 18.9 Å². The predicted octanol–water partition coefficient (Wildman–Crippen LogP) is 2.78. The van der Waals surface area contributed by atoms with Gasteiger partial charge in [0.25, 0.3) is 0 Å². The van der Waals surface area contributed by atoms with Crippen LogP contribution >= 0.6 is 11.3 Å². The fourth-order valence-electron chi connectivity index (χ4n) is 2.40. The van der Waals surface area contributed by atoms with Gasteiger partial charge in [0.05, 0.1) is 0 Å². The topological polar surface area (TPSA) is 57.6 Å². The third-order valence-corrected chi connectivity index (χ3v) is 4.48. The number of aliphatic carboxylic acids is 1. The Kier molecular flexibility index (Phi) is 4.95. The van der Waals surface area contributed by atoms with Crippen molar-refractivity contribution in [2.24, 2.45) is 5.92 Å². The summed E-state index contributed by atoms with van der Waals surface area (Å²) >= 11 is 1.66. The number of likely N-dealkylation sites (tertiary alicyclic amines) is 1. The van der Waals surface area contributed by atoms with Crippen molar-refractivity contribution in [3.05, 3.63) is 28.0 Å². The molecule has 1 aliphatic rings. The van der Waals surface area contributed by atoms with Gasteiger partial charge >= 0.3 is 5.97 Å². The summed E-state index contributed by atoms with van der Waals surface area (Å²) in [5, 5.41) is 8.67. The minimum absolute atomic E-state index is 0.0221. The molecule has 1 saturated heterocycles. The van der Waals surface area contributed by atoms with Crippen LogP contribution in [0.5, 0.6) is 0 Å². The van der Waals surface area contributed by atoms with Gasteiger partial charge in [-0.1, -0.05) is 0 Å². The van der Waals surface area contributed by atoms with Crippen LogP contribution in [0.4, 0.5) is 0 Å². The summed E-state index contributed by atoms with van der Waals surface area (Å²) in [6.45, 7) is 3.45. The van der Waals surface area contributed by atoms with E-state index < -0.39 is 5.97 Å². The van der Waals surface area contributed by atoms with Crippen LogP contribution in [0.25, 0.3) is 6.08 Å². The van der Waals surface area contributed by atoms with Gasteiger partial charge in [0.1, 0.15) is 0 Å². The SMILES string of the molecule is Cc1ccc(/C=C/C(=O)N2CCC(CCC(=O)O)C2)s1. The highest BCUT2D eigenvalue weighted by molar-refractivity contribution is 7.12. The predicted molar refractivity (Wildman–Crippen MR) is 79.6 cm³/mol. The fourth-order valence-corrected chi connectivity index (χ4v) is 3.18. The van der Waals surface area contributed by atoms with E-state index in [4.69, 9.17) is 5.11 Å². The van der Waals surface area contributed by atoms with Crippen molar-refractivity contribution in [1.29, 1.82) is 0 Å². The lowest BCUT2D eigenvalue weighted by Crippen LogP contribution is -2.26. The maximum atomic E-state index is 12.0. The molecule has 20 heavy (non-hydrogen) atoms. The smallest absolute Gasteiger partial charge is 0.303 e. The van der Waals surface area contributed by atoms with E-state index in [1.165, 1.54) is 4.88 Å². The number of carboxylic acid groups (broad SMARTS) is 1. The summed E-state index contributed by atoms with van der Waals surface area (Å²) in [6.07, 6.45) is 5.23. The number of nitrogens with zero attached hydrogens (tertiary/aromatic N) is 1. The van der Waals surface area contributed by atoms with Crippen LogP contribution in [-0.2, 0) is 9.59 Å². The molecule has 1 aliphatic heterocycles. The van der Waals surface area contributed by atoms with E-state index in [-0.39, 0.29) is 12.3 Å². The summed E-state index contributed by atoms with van der Waals surface area (Å²) in [6, 6.07) is 4.04. The monoisotopic (exact) mass is 293 g/mol. The van der Waals surface area contributed by atoms with Gasteiger partial charge in [-0.3, -0.25) is 9.59 Å². The van der Waals surface area contributed by atoms with Crippen molar-refractivity contribution in [3.63, 3.8) is 0 Å². The number of hydrogen-bond acceptors (Lipinski definition) is 3. The van der Waals surface area contributed by atoms with Crippen molar-refractivity contribution in [2.75, 3.05) is 13.1 Å². The van der Waals surface area contributed by atoms with Crippen LogP contribution in [0.1, 0.15) is 29.0 Å². The average Bonchev–Trinajstić information content (AvgIpc) is 3.02. The minimum Gasteiger partial charge on any atom is -0.481 e. The normalized spacial score (nSPS) is 18.9. The number of amides is 1. The summed E-state index contributed by atoms with van der Waals surface area (Å²) < 4.78 is 0. The Morgan fingerprint density at radius 1 is 1.50 bits per heavy atom.